The molecule has 2 atom stereocenters. The maximum Gasteiger partial charge on any atom is 0.0810 e. The minimum absolute atomic E-state index is 0.123. The maximum absolute atomic E-state index is 6.77. The Morgan fingerprint density at radius 1 is 1.14 bits per heavy atom. The first-order valence-corrected chi connectivity index (χ1v) is 9.44. The zero-order valence-corrected chi connectivity index (χ0v) is 14.8. The molecule has 0 aromatic rings. The van der Waals surface area contributed by atoms with Crippen molar-refractivity contribution in [3.8, 4) is 0 Å². The van der Waals surface area contributed by atoms with Crippen LogP contribution in [0.15, 0.2) is 0 Å². The lowest BCUT2D eigenvalue weighted by Gasteiger charge is -2.44. The summed E-state index contributed by atoms with van der Waals surface area (Å²) < 4.78 is 6.77. The number of ether oxygens (including phenoxy) is 1. The third kappa shape index (κ3) is 5.25. The standard InChI is InChI=1S/C19H37NO/c1-5-17-9-11-19(12-10-17,14-20-15(2)3)21-18-8-6-7-16(4)13-18/h15-18,20H,5-14H2,1-4H3. The molecule has 0 heterocycles. The smallest absolute Gasteiger partial charge is 0.0810 e. The summed E-state index contributed by atoms with van der Waals surface area (Å²) in [6.45, 7) is 10.3. The molecule has 0 bridgehead atoms. The van der Waals surface area contributed by atoms with Crippen LogP contribution in [0.25, 0.3) is 0 Å². The average Bonchev–Trinajstić information content (AvgIpc) is 2.46. The zero-order valence-electron chi connectivity index (χ0n) is 14.8. The van der Waals surface area contributed by atoms with Crippen LogP contribution in [0, 0.1) is 11.8 Å². The van der Waals surface area contributed by atoms with Crippen molar-refractivity contribution in [2.75, 3.05) is 6.54 Å². The second kappa shape index (κ2) is 7.97. The van der Waals surface area contributed by atoms with E-state index in [9.17, 15) is 0 Å². The molecular formula is C19H37NO. The first kappa shape index (κ1) is 17.3. The first-order chi connectivity index (χ1) is 10.0. The van der Waals surface area contributed by atoms with Gasteiger partial charge >= 0.3 is 0 Å². The second-order valence-corrected chi connectivity index (χ2v) is 8.08. The number of nitrogens with one attached hydrogen (secondary N) is 1. The fourth-order valence-electron chi connectivity index (χ4n) is 4.18. The number of hydrogen-bond donors (Lipinski definition) is 1. The Labute approximate surface area is 132 Å². The van der Waals surface area contributed by atoms with Crippen LogP contribution >= 0.6 is 0 Å². The Bertz CT molecular complexity index is 294. The minimum atomic E-state index is 0.123. The van der Waals surface area contributed by atoms with Gasteiger partial charge in [-0.25, -0.2) is 0 Å². The van der Waals surface area contributed by atoms with E-state index in [2.05, 4.69) is 33.0 Å². The lowest BCUT2D eigenvalue weighted by molar-refractivity contribution is -0.132. The van der Waals surface area contributed by atoms with Gasteiger partial charge in [-0.2, -0.15) is 0 Å². The molecule has 0 amide bonds. The quantitative estimate of drug-likeness (QED) is 0.751. The van der Waals surface area contributed by atoms with E-state index in [0.717, 1.165) is 18.4 Å². The summed E-state index contributed by atoms with van der Waals surface area (Å²) in [4.78, 5) is 0. The molecule has 2 heteroatoms. The summed E-state index contributed by atoms with van der Waals surface area (Å²) in [5.74, 6) is 1.79. The van der Waals surface area contributed by atoms with Crippen LogP contribution in [0.2, 0.25) is 0 Å². The normalized spacial score (nSPS) is 37.9. The fourth-order valence-corrected chi connectivity index (χ4v) is 4.18. The third-order valence-corrected chi connectivity index (χ3v) is 5.73. The highest BCUT2D eigenvalue weighted by atomic mass is 16.5. The van der Waals surface area contributed by atoms with Crippen molar-refractivity contribution in [2.45, 2.75) is 103 Å². The van der Waals surface area contributed by atoms with Crippen LogP contribution < -0.4 is 5.32 Å². The van der Waals surface area contributed by atoms with E-state index >= 15 is 0 Å². The van der Waals surface area contributed by atoms with Gasteiger partial charge in [-0.1, -0.05) is 47.0 Å². The van der Waals surface area contributed by atoms with Crippen LogP contribution in [0.1, 0.15) is 85.5 Å². The number of rotatable bonds is 6. The largest absolute Gasteiger partial charge is 0.370 e. The van der Waals surface area contributed by atoms with Gasteiger partial charge in [0.25, 0.3) is 0 Å². The molecule has 0 spiro atoms. The summed E-state index contributed by atoms with van der Waals surface area (Å²) in [5.41, 5.74) is 0.123. The first-order valence-electron chi connectivity index (χ1n) is 9.44. The fraction of sp³-hybridized carbons (Fsp3) is 1.00. The van der Waals surface area contributed by atoms with Crippen molar-refractivity contribution in [3.63, 3.8) is 0 Å². The summed E-state index contributed by atoms with van der Waals surface area (Å²) in [7, 11) is 0. The van der Waals surface area contributed by atoms with Crippen molar-refractivity contribution in [1.82, 2.24) is 5.32 Å². The molecule has 0 aromatic carbocycles. The molecule has 2 unspecified atom stereocenters. The summed E-state index contributed by atoms with van der Waals surface area (Å²) in [5, 5.41) is 3.66. The highest BCUT2D eigenvalue weighted by Crippen LogP contribution is 2.39. The molecule has 0 aliphatic heterocycles. The van der Waals surface area contributed by atoms with Crippen molar-refractivity contribution < 1.29 is 4.74 Å². The van der Waals surface area contributed by atoms with Gasteiger partial charge in [-0.15, -0.1) is 0 Å². The van der Waals surface area contributed by atoms with Crippen molar-refractivity contribution in [1.29, 1.82) is 0 Å². The molecule has 0 radical (unpaired) electrons. The average molecular weight is 296 g/mol. The van der Waals surface area contributed by atoms with Gasteiger partial charge in [0.05, 0.1) is 11.7 Å². The van der Waals surface area contributed by atoms with Crippen LogP contribution in [-0.4, -0.2) is 24.3 Å². The van der Waals surface area contributed by atoms with E-state index in [-0.39, 0.29) is 5.60 Å². The minimum Gasteiger partial charge on any atom is -0.370 e. The molecule has 124 valence electrons. The highest BCUT2D eigenvalue weighted by molar-refractivity contribution is 4.91. The molecule has 2 rings (SSSR count). The van der Waals surface area contributed by atoms with Gasteiger partial charge in [0.2, 0.25) is 0 Å². The Morgan fingerprint density at radius 2 is 1.86 bits per heavy atom. The SMILES string of the molecule is CCC1CCC(CNC(C)C)(OC2CCCC(C)C2)CC1. The molecule has 0 saturated heterocycles. The van der Waals surface area contributed by atoms with Crippen molar-refractivity contribution in [3.05, 3.63) is 0 Å². The van der Waals surface area contributed by atoms with Gasteiger partial charge in [-0.05, 0) is 50.4 Å². The molecule has 0 aromatic heterocycles. The predicted molar refractivity (Wildman–Crippen MR) is 90.6 cm³/mol. The molecule has 2 fully saturated rings. The Balaban J connectivity index is 1.94. The molecule has 2 nitrogen and oxygen atoms in total. The van der Waals surface area contributed by atoms with E-state index in [1.54, 1.807) is 0 Å². The topological polar surface area (TPSA) is 21.3 Å². The summed E-state index contributed by atoms with van der Waals surface area (Å²) in [6.07, 6.45) is 12.4. The Kier molecular flexibility index (Phi) is 6.55. The molecule has 21 heavy (non-hydrogen) atoms. The van der Waals surface area contributed by atoms with Crippen molar-refractivity contribution in [2.24, 2.45) is 11.8 Å². The van der Waals surface area contributed by atoms with Gasteiger partial charge in [0, 0.05) is 12.6 Å². The molecule has 2 aliphatic carbocycles. The highest BCUT2D eigenvalue weighted by Gasteiger charge is 2.38. The predicted octanol–water partition coefficient (Wildman–Crippen LogP) is 4.92. The van der Waals surface area contributed by atoms with Gasteiger partial charge < -0.3 is 10.1 Å². The van der Waals surface area contributed by atoms with Crippen LogP contribution in [0.3, 0.4) is 0 Å². The molecule has 2 saturated carbocycles. The maximum atomic E-state index is 6.77. The summed E-state index contributed by atoms with van der Waals surface area (Å²) >= 11 is 0. The van der Waals surface area contributed by atoms with Gasteiger partial charge in [0.15, 0.2) is 0 Å². The number of hydrogen-bond acceptors (Lipinski definition) is 2. The van der Waals surface area contributed by atoms with Crippen LogP contribution in [-0.2, 0) is 4.74 Å². The Morgan fingerprint density at radius 3 is 2.43 bits per heavy atom. The van der Waals surface area contributed by atoms with Gasteiger partial charge in [0.1, 0.15) is 0 Å². The van der Waals surface area contributed by atoms with E-state index in [4.69, 9.17) is 4.74 Å². The van der Waals surface area contributed by atoms with Crippen LogP contribution in [0.5, 0.6) is 0 Å². The van der Waals surface area contributed by atoms with E-state index in [0.29, 0.717) is 12.1 Å². The van der Waals surface area contributed by atoms with Crippen molar-refractivity contribution >= 4 is 0 Å². The zero-order chi connectivity index (χ0) is 15.3. The van der Waals surface area contributed by atoms with Crippen LogP contribution in [0.4, 0.5) is 0 Å². The lowest BCUT2D eigenvalue weighted by Crippen LogP contribution is -2.50. The monoisotopic (exact) mass is 295 g/mol. The van der Waals surface area contributed by atoms with E-state index in [1.165, 1.54) is 57.8 Å². The van der Waals surface area contributed by atoms with E-state index < -0.39 is 0 Å². The van der Waals surface area contributed by atoms with E-state index in [1.807, 2.05) is 0 Å². The second-order valence-electron chi connectivity index (χ2n) is 8.08. The third-order valence-electron chi connectivity index (χ3n) is 5.73. The lowest BCUT2D eigenvalue weighted by atomic mass is 9.77. The molecule has 1 N–H and O–H groups in total. The molecule has 2 aliphatic rings. The molecular weight excluding hydrogens is 258 g/mol. The van der Waals surface area contributed by atoms with Gasteiger partial charge in [-0.3, -0.25) is 0 Å². The summed E-state index contributed by atoms with van der Waals surface area (Å²) in [6, 6.07) is 0.555. The Hall–Kier alpha value is -0.0800.